The van der Waals surface area contributed by atoms with Gasteiger partial charge in [0.25, 0.3) is 11.8 Å². The molecule has 13 nitrogen and oxygen atoms in total. The molecule has 4 N–H and O–H groups in total. The summed E-state index contributed by atoms with van der Waals surface area (Å²) in [6, 6.07) is 9.84. The number of hydrazine groups is 1. The third-order valence-electron chi connectivity index (χ3n) is 4.69. The van der Waals surface area contributed by atoms with Crippen LogP contribution in [0.5, 0.6) is 0 Å². The van der Waals surface area contributed by atoms with Crippen LogP contribution in [0.3, 0.4) is 0 Å². The molecule has 0 fully saturated rings. The van der Waals surface area contributed by atoms with Crippen molar-refractivity contribution in [3.8, 4) is 0 Å². The molecule has 160 valence electrons. The summed E-state index contributed by atoms with van der Waals surface area (Å²) in [7, 11) is 0. The van der Waals surface area contributed by atoms with Gasteiger partial charge in [0.1, 0.15) is 5.69 Å². The molecular formula is C18H12N5O8-3. The third kappa shape index (κ3) is 3.34. The molecule has 3 aromatic rings. The van der Waals surface area contributed by atoms with E-state index in [4.69, 9.17) is 5.21 Å². The molecule has 1 aliphatic rings. The predicted molar refractivity (Wildman–Crippen MR) is 107 cm³/mol. The average molecular weight is 426 g/mol. The zero-order valence-corrected chi connectivity index (χ0v) is 15.3. The number of benzene rings is 3. The first-order valence-corrected chi connectivity index (χ1v) is 8.53. The van der Waals surface area contributed by atoms with Crippen molar-refractivity contribution in [1.82, 2.24) is 5.01 Å². The molecule has 0 bridgehead atoms. The van der Waals surface area contributed by atoms with Crippen LogP contribution in [0, 0.1) is 15.6 Å². The van der Waals surface area contributed by atoms with Gasteiger partial charge in [0.2, 0.25) is 0 Å². The molecule has 13 heteroatoms. The molecule has 0 saturated carbocycles. The molecule has 0 radical (unpaired) electrons. The van der Waals surface area contributed by atoms with Crippen LogP contribution in [0.4, 0.5) is 22.7 Å². The highest BCUT2D eigenvalue weighted by Crippen LogP contribution is 2.35. The van der Waals surface area contributed by atoms with Crippen LogP contribution in [-0.2, 0) is 0 Å². The van der Waals surface area contributed by atoms with E-state index >= 15 is 0 Å². The highest BCUT2D eigenvalue weighted by molar-refractivity contribution is 6.26. The van der Waals surface area contributed by atoms with Crippen molar-refractivity contribution in [2.24, 2.45) is 0 Å². The number of carbonyl (C=O) groups is 2. The fraction of sp³-hybridized carbons (Fsp3) is 0. The first kappa shape index (κ1) is 20.3. The second kappa shape index (κ2) is 7.37. The fourth-order valence-electron chi connectivity index (χ4n) is 3.32. The summed E-state index contributed by atoms with van der Waals surface area (Å²) < 4.78 is 0. The van der Waals surface area contributed by atoms with E-state index in [1.165, 1.54) is 24.3 Å². The second-order valence-corrected chi connectivity index (χ2v) is 6.48. The summed E-state index contributed by atoms with van der Waals surface area (Å²) in [6.45, 7) is 0. The van der Waals surface area contributed by atoms with Gasteiger partial charge in [-0.15, -0.1) is 5.23 Å². The van der Waals surface area contributed by atoms with Gasteiger partial charge in [-0.05, 0) is 41.8 Å². The third-order valence-corrected chi connectivity index (χ3v) is 4.69. The number of anilines is 4. The minimum atomic E-state index is -0.914. The maximum absolute atomic E-state index is 13.0. The Bertz CT molecular complexity index is 1210. The van der Waals surface area contributed by atoms with E-state index in [0.717, 1.165) is 24.3 Å². The van der Waals surface area contributed by atoms with E-state index in [1.807, 2.05) is 0 Å². The van der Waals surface area contributed by atoms with Gasteiger partial charge in [-0.2, -0.15) is 5.01 Å². The minimum Gasteiger partial charge on any atom is -0.769 e. The van der Waals surface area contributed by atoms with Crippen LogP contribution in [0.2, 0.25) is 0 Å². The lowest BCUT2D eigenvalue weighted by atomic mass is 9.94. The van der Waals surface area contributed by atoms with Gasteiger partial charge in [-0.1, -0.05) is 12.1 Å². The van der Waals surface area contributed by atoms with Gasteiger partial charge in [0, 0.05) is 11.1 Å². The maximum Gasteiger partial charge on any atom is 0.280 e. The van der Waals surface area contributed by atoms with Gasteiger partial charge >= 0.3 is 0 Å². The molecule has 0 spiro atoms. The van der Waals surface area contributed by atoms with Crippen molar-refractivity contribution in [3.05, 3.63) is 75.3 Å². The average Bonchev–Trinajstić information content (AvgIpc) is 2.74. The van der Waals surface area contributed by atoms with Crippen LogP contribution in [0.25, 0.3) is 10.8 Å². The van der Waals surface area contributed by atoms with E-state index in [0.29, 0.717) is 10.4 Å². The molecule has 3 aromatic carbocycles. The number of nitrogens with zero attached hydrogens (tertiary/aromatic N) is 4. The minimum absolute atomic E-state index is 0.0959. The maximum atomic E-state index is 13.0. The Balaban J connectivity index is 1.81. The van der Waals surface area contributed by atoms with Crippen LogP contribution in [0.15, 0.2) is 48.5 Å². The van der Waals surface area contributed by atoms with E-state index in [1.54, 1.807) is 0 Å². The Morgan fingerprint density at radius 2 is 1.55 bits per heavy atom. The largest absolute Gasteiger partial charge is 0.769 e. The lowest BCUT2D eigenvalue weighted by molar-refractivity contribution is 0.0292. The molecule has 31 heavy (non-hydrogen) atoms. The highest BCUT2D eigenvalue weighted by atomic mass is 16.8. The number of imide groups is 1. The van der Waals surface area contributed by atoms with Gasteiger partial charge in [0.15, 0.2) is 0 Å². The molecular weight excluding hydrogens is 414 g/mol. The Morgan fingerprint density at radius 3 is 2.19 bits per heavy atom. The number of rotatable bonds is 5. The van der Waals surface area contributed by atoms with Crippen LogP contribution < -0.4 is 21.1 Å². The summed E-state index contributed by atoms with van der Waals surface area (Å²) in [5.74, 6) is -1.70. The molecule has 0 aliphatic carbocycles. The van der Waals surface area contributed by atoms with Crippen LogP contribution in [0.1, 0.15) is 20.7 Å². The Labute approximate surface area is 172 Å². The van der Waals surface area contributed by atoms with Crippen molar-refractivity contribution in [3.63, 3.8) is 0 Å². The molecule has 0 saturated heterocycles. The summed E-state index contributed by atoms with van der Waals surface area (Å²) in [5.41, 5.74) is 1.04. The fourth-order valence-corrected chi connectivity index (χ4v) is 3.32. The molecule has 0 aromatic heterocycles. The first-order valence-electron chi connectivity index (χ1n) is 8.53. The highest BCUT2D eigenvalue weighted by Gasteiger charge is 2.34. The summed E-state index contributed by atoms with van der Waals surface area (Å²) >= 11 is 0. The number of amides is 2. The molecule has 4 rings (SSSR count). The van der Waals surface area contributed by atoms with Crippen LogP contribution in [-0.4, -0.2) is 32.4 Å². The number of hydrogen-bond donors (Lipinski definition) is 4. The normalized spacial score (nSPS) is 12.9. The molecule has 2 amide bonds. The number of nitrogens with one attached hydrogen (secondary N) is 1. The standard InChI is InChI=1S/C18H12N5O8/c24-17-12-3-1-2-9-6-11(22(28)29)7-13(16(9)12)18(25)20(17)19-14-5-4-10(21(26)27)8-15(14)23(30)31/h1-8,19,26,30-31H/q-3. The molecule has 0 atom stereocenters. The Kier molecular flexibility index (Phi) is 4.82. The first-order chi connectivity index (χ1) is 14.7. The second-order valence-electron chi connectivity index (χ2n) is 6.48. The topological polar surface area (TPSA) is 189 Å². The van der Waals surface area contributed by atoms with Crippen molar-refractivity contribution in [2.45, 2.75) is 0 Å². The summed E-state index contributed by atoms with van der Waals surface area (Å²) in [6.07, 6.45) is 0. The molecule has 1 heterocycles. The Morgan fingerprint density at radius 1 is 0.839 bits per heavy atom. The van der Waals surface area contributed by atoms with Crippen molar-refractivity contribution in [2.75, 3.05) is 21.1 Å². The van der Waals surface area contributed by atoms with E-state index in [2.05, 4.69) is 5.43 Å². The zero-order valence-electron chi connectivity index (χ0n) is 15.3. The zero-order chi connectivity index (χ0) is 22.4. The predicted octanol–water partition coefficient (Wildman–Crippen LogP) is 2.54. The van der Waals surface area contributed by atoms with Gasteiger partial charge < -0.3 is 26.1 Å². The van der Waals surface area contributed by atoms with Gasteiger partial charge in [0.05, 0.1) is 22.5 Å². The smallest absolute Gasteiger partial charge is 0.280 e. The van der Waals surface area contributed by atoms with Crippen LogP contribution >= 0.6 is 0 Å². The van der Waals surface area contributed by atoms with Gasteiger partial charge in [-0.3, -0.25) is 30.6 Å². The summed E-state index contributed by atoms with van der Waals surface area (Å²) in [5, 5.41) is 61.0. The van der Waals surface area contributed by atoms with E-state index < -0.39 is 28.0 Å². The van der Waals surface area contributed by atoms with Crippen molar-refractivity contribution >= 4 is 45.3 Å². The monoisotopic (exact) mass is 426 g/mol. The lowest BCUT2D eigenvalue weighted by Gasteiger charge is -2.38. The lowest BCUT2D eigenvalue weighted by Crippen LogP contribution is -2.44. The summed E-state index contributed by atoms with van der Waals surface area (Å²) in [4.78, 5) is 26.0. The Hall–Kier alpha value is -3.98. The van der Waals surface area contributed by atoms with Crippen molar-refractivity contribution in [1.29, 1.82) is 0 Å². The SMILES string of the molecule is O=C1c2cccc3cc(N([O-])[O-])cc(c23)C(=O)N1Nc1ccc(N([O-])O)cc1N(O)O. The quantitative estimate of drug-likeness (QED) is 0.345. The van der Waals surface area contributed by atoms with Gasteiger partial charge in [-0.25, -0.2) is 0 Å². The molecule has 0 unspecified atom stereocenters. The number of hydrogen-bond acceptors (Lipinski definition) is 12. The number of carbonyl (C=O) groups excluding carboxylic acids is 2. The van der Waals surface area contributed by atoms with E-state index in [-0.39, 0.29) is 38.8 Å². The van der Waals surface area contributed by atoms with Crippen molar-refractivity contribution < 1.29 is 25.2 Å². The van der Waals surface area contributed by atoms with E-state index in [9.17, 15) is 35.6 Å². The molecule has 1 aliphatic heterocycles.